The number of anilines is 1. The molecule has 1 N–H and O–H groups in total. The van der Waals surface area contributed by atoms with Crippen LogP contribution in [0.3, 0.4) is 0 Å². The van der Waals surface area contributed by atoms with Crippen molar-refractivity contribution < 1.29 is 0 Å². The van der Waals surface area contributed by atoms with Crippen molar-refractivity contribution in [2.24, 2.45) is 0 Å². The maximum Gasteiger partial charge on any atom is 0.126 e. The number of hydrogen-bond acceptors (Lipinski definition) is 2. The molecule has 2 heteroatoms. The first kappa shape index (κ1) is 8.54. The molecule has 0 aliphatic heterocycles. The quantitative estimate of drug-likeness (QED) is 0.747. The van der Waals surface area contributed by atoms with E-state index in [2.05, 4.69) is 23.3 Å². The van der Waals surface area contributed by atoms with Gasteiger partial charge in [0.15, 0.2) is 0 Å². The Bertz CT molecular complexity index is 318. The van der Waals surface area contributed by atoms with Gasteiger partial charge in [0.25, 0.3) is 0 Å². The lowest BCUT2D eigenvalue weighted by Gasteiger charge is -2.08. The van der Waals surface area contributed by atoms with E-state index in [1.54, 1.807) is 0 Å². The van der Waals surface area contributed by atoms with Crippen LogP contribution in [0.1, 0.15) is 30.2 Å². The summed E-state index contributed by atoms with van der Waals surface area (Å²) in [4.78, 5) is 4.57. The number of nitrogens with zero attached hydrogens (tertiary/aromatic N) is 1. The summed E-state index contributed by atoms with van der Waals surface area (Å²) in [5.41, 5.74) is 4.32. The monoisotopic (exact) mass is 176 g/mol. The van der Waals surface area contributed by atoms with Gasteiger partial charge in [0, 0.05) is 12.7 Å². The first-order chi connectivity index (χ1) is 6.35. The maximum atomic E-state index is 4.57. The molecular formula is C11H16N2. The molecule has 1 aromatic heterocycles. The summed E-state index contributed by atoms with van der Waals surface area (Å²) < 4.78 is 0. The van der Waals surface area contributed by atoms with Crippen molar-refractivity contribution in [3.63, 3.8) is 0 Å². The number of pyridine rings is 1. The van der Waals surface area contributed by atoms with Crippen molar-refractivity contribution >= 4 is 5.82 Å². The number of aryl methyl sites for hydroxylation is 2. The van der Waals surface area contributed by atoms with Crippen LogP contribution in [0.15, 0.2) is 6.07 Å². The van der Waals surface area contributed by atoms with Gasteiger partial charge < -0.3 is 5.32 Å². The molecule has 1 heterocycles. The van der Waals surface area contributed by atoms with E-state index in [-0.39, 0.29) is 0 Å². The highest BCUT2D eigenvalue weighted by Crippen LogP contribution is 2.26. The Morgan fingerprint density at radius 3 is 3.00 bits per heavy atom. The maximum absolute atomic E-state index is 4.57. The molecule has 2 rings (SSSR count). The summed E-state index contributed by atoms with van der Waals surface area (Å²) in [6, 6.07) is 2.20. The molecule has 0 unspecified atom stereocenters. The van der Waals surface area contributed by atoms with Gasteiger partial charge in [-0.2, -0.15) is 0 Å². The highest BCUT2D eigenvalue weighted by atomic mass is 15.0. The smallest absolute Gasteiger partial charge is 0.126 e. The zero-order chi connectivity index (χ0) is 9.26. The van der Waals surface area contributed by atoms with E-state index in [1.165, 1.54) is 36.1 Å². The molecule has 0 spiro atoms. The number of fused-ring (bicyclic) bond motifs is 1. The Morgan fingerprint density at radius 1 is 1.46 bits per heavy atom. The van der Waals surface area contributed by atoms with Gasteiger partial charge in [-0.05, 0) is 42.9 Å². The average molecular weight is 176 g/mol. The molecule has 0 fully saturated rings. The zero-order valence-corrected chi connectivity index (χ0v) is 8.35. The van der Waals surface area contributed by atoms with Crippen molar-refractivity contribution in [2.45, 2.75) is 32.6 Å². The van der Waals surface area contributed by atoms with Crippen LogP contribution in [0.2, 0.25) is 0 Å². The standard InChI is InChI=1S/C11H16N2/c1-3-10-9-6-4-5-8(9)7-11(12-2)13-10/h7H,3-6H2,1-2H3,(H,12,13). The molecule has 0 saturated heterocycles. The van der Waals surface area contributed by atoms with Crippen LogP contribution in [0.25, 0.3) is 0 Å². The van der Waals surface area contributed by atoms with E-state index in [1.807, 2.05) is 7.05 Å². The largest absolute Gasteiger partial charge is 0.373 e. The van der Waals surface area contributed by atoms with Gasteiger partial charge in [0.05, 0.1) is 0 Å². The predicted molar refractivity (Wildman–Crippen MR) is 55.2 cm³/mol. The Balaban J connectivity index is 2.49. The van der Waals surface area contributed by atoms with Gasteiger partial charge in [-0.25, -0.2) is 4.98 Å². The fourth-order valence-electron chi connectivity index (χ4n) is 2.09. The van der Waals surface area contributed by atoms with E-state index >= 15 is 0 Å². The van der Waals surface area contributed by atoms with Crippen molar-refractivity contribution in [1.82, 2.24) is 4.98 Å². The number of rotatable bonds is 2. The Labute approximate surface area is 79.4 Å². The normalized spacial score (nSPS) is 14.3. The van der Waals surface area contributed by atoms with E-state index in [0.29, 0.717) is 0 Å². The second-order valence-electron chi connectivity index (χ2n) is 3.55. The van der Waals surface area contributed by atoms with Gasteiger partial charge in [0.2, 0.25) is 0 Å². The lowest BCUT2D eigenvalue weighted by Crippen LogP contribution is -2.01. The summed E-state index contributed by atoms with van der Waals surface area (Å²) in [6.07, 6.45) is 4.82. The molecule has 2 nitrogen and oxygen atoms in total. The summed E-state index contributed by atoms with van der Waals surface area (Å²) in [5, 5.41) is 3.12. The van der Waals surface area contributed by atoms with E-state index in [0.717, 1.165) is 12.2 Å². The van der Waals surface area contributed by atoms with Crippen molar-refractivity contribution in [3.8, 4) is 0 Å². The van der Waals surface area contributed by atoms with Gasteiger partial charge >= 0.3 is 0 Å². The topological polar surface area (TPSA) is 24.9 Å². The SMILES string of the molecule is CCc1nc(NC)cc2c1CCC2. The van der Waals surface area contributed by atoms with Crippen LogP contribution < -0.4 is 5.32 Å². The van der Waals surface area contributed by atoms with Crippen LogP contribution in [-0.2, 0) is 19.3 Å². The fraction of sp³-hybridized carbons (Fsp3) is 0.545. The van der Waals surface area contributed by atoms with Crippen LogP contribution in [-0.4, -0.2) is 12.0 Å². The second kappa shape index (κ2) is 3.36. The Morgan fingerprint density at radius 2 is 2.31 bits per heavy atom. The Kier molecular flexibility index (Phi) is 2.21. The first-order valence-corrected chi connectivity index (χ1v) is 5.04. The molecule has 1 aromatic rings. The molecule has 0 radical (unpaired) electrons. The third-order valence-corrected chi connectivity index (χ3v) is 2.77. The molecular weight excluding hydrogens is 160 g/mol. The summed E-state index contributed by atoms with van der Waals surface area (Å²) in [7, 11) is 1.93. The van der Waals surface area contributed by atoms with E-state index < -0.39 is 0 Å². The molecule has 1 aliphatic carbocycles. The summed E-state index contributed by atoms with van der Waals surface area (Å²) >= 11 is 0. The fourth-order valence-corrected chi connectivity index (χ4v) is 2.09. The van der Waals surface area contributed by atoms with E-state index in [9.17, 15) is 0 Å². The lowest BCUT2D eigenvalue weighted by atomic mass is 10.1. The molecule has 0 aromatic carbocycles. The van der Waals surface area contributed by atoms with Gasteiger partial charge in [0.1, 0.15) is 5.82 Å². The highest BCUT2D eigenvalue weighted by molar-refractivity contribution is 5.46. The number of hydrogen-bond donors (Lipinski definition) is 1. The molecule has 0 atom stereocenters. The second-order valence-corrected chi connectivity index (χ2v) is 3.55. The molecule has 0 bridgehead atoms. The highest BCUT2D eigenvalue weighted by Gasteiger charge is 2.15. The molecule has 1 aliphatic rings. The number of aromatic nitrogens is 1. The van der Waals surface area contributed by atoms with Crippen molar-refractivity contribution in [3.05, 3.63) is 22.9 Å². The summed E-state index contributed by atoms with van der Waals surface area (Å²) in [5.74, 6) is 1.03. The molecule has 0 amide bonds. The molecule has 0 saturated carbocycles. The minimum atomic E-state index is 1.03. The first-order valence-electron chi connectivity index (χ1n) is 5.04. The Hall–Kier alpha value is -1.05. The van der Waals surface area contributed by atoms with E-state index in [4.69, 9.17) is 0 Å². The predicted octanol–water partition coefficient (Wildman–Crippen LogP) is 2.17. The van der Waals surface area contributed by atoms with Crippen LogP contribution in [0.4, 0.5) is 5.82 Å². The van der Waals surface area contributed by atoms with Crippen molar-refractivity contribution in [2.75, 3.05) is 12.4 Å². The van der Waals surface area contributed by atoms with Crippen LogP contribution >= 0.6 is 0 Å². The lowest BCUT2D eigenvalue weighted by molar-refractivity contribution is 0.898. The minimum absolute atomic E-state index is 1.03. The third kappa shape index (κ3) is 1.41. The third-order valence-electron chi connectivity index (χ3n) is 2.77. The van der Waals surface area contributed by atoms with Gasteiger partial charge in [-0.1, -0.05) is 6.92 Å². The molecule has 70 valence electrons. The number of nitrogens with one attached hydrogen (secondary N) is 1. The zero-order valence-electron chi connectivity index (χ0n) is 8.35. The van der Waals surface area contributed by atoms with Crippen molar-refractivity contribution in [1.29, 1.82) is 0 Å². The van der Waals surface area contributed by atoms with Crippen LogP contribution in [0, 0.1) is 0 Å². The summed E-state index contributed by atoms with van der Waals surface area (Å²) in [6.45, 7) is 2.18. The van der Waals surface area contributed by atoms with Gasteiger partial charge in [-0.15, -0.1) is 0 Å². The minimum Gasteiger partial charge on any atom is -0.373 e. The van der Waals surface area contributed by atoms with Crippen LogP contribution in [0.5, 0.6) is 0 Å². The van der Waals surface area contributed by atoms with Gasteiger partial charge in [-0.3, -0.25) is 0 Å². The molecule has 13 heavy (non-hydrogen) atoms. The average Bonchev–Trinajstić information content (AvgIpc) is 2.63.